The molecule has 0 amide bonds. The van der Waals surface area contributed by atoms with Crippen molar-refractivity contribution in [3.8, 4) is 22.0 Å². The normalized spacial score (nSPS) is 19.5. The molecule has 1 aliphatic heterocycles. The third kappa shape index (κ3) is 4.72. The van der Waals surface area contributed by atoms with Crippen molar-refractivity contribution in [3.05, 3.63) is 82.5 Å². The Bertz CT molecular complexity index is 1330. The smallest absolute Gasteiger partial charge is 0.152 e. The number of hydrogen-bond acceptors (Lipinski definition) is 7. The highest BCUT2D eigenvalue weighted by Gasteiger charge is 2.22. The number of piperidine rings is 1. The van der Waals surface area contributed by atoms with Gasteiger partial charge >= 0.3 is 0 Å². The van der Waals surface area contributed by atoms with Crippen LogP contribution in [-0.4, -0.2) is 28.0 Å². The standard InChI is InChI=1S/C28H30N6S/c29-27-26(28-34-25(17-35-28)21-8-4-12-30-15-21)33-24(16-32-27)20-7-3-5-18(13-20)14-31-23-11-10-19-6-1-2-9-22(19)23/h1-3,5-7,9,13,16-17,21,23,30-31H,4,8,10-12,14-15H2,(H2,29,32)/t21?,23-/m0/s1. The van der Waals surface area contributed by atoms with Gasteiger partial charge in [0.25, 0.3) is 0 Å². The van der Waals surface area contributed by atoms with Gasteiger partial charge in [-0.05, 0) is 55.0 Å². The molecule has 4 N–H and O–H groups in total. The Hall–Kier alpha value is -3.13. The molecule has 0 radical (unpaired) electrons. The quantitative estimate of drug-likeness (QED) is 0.355. The van der Waals surface area contributed by atoms with E-state index in [9.17, 15) is 0 Å². The Morgan fingerprint density at radius 2 is 2.03 bits per heavy atom. The molecule has 6 rings (SSSR count). The highest BCUT2D eigenvalue weighted by Crippen LogP contribution is 2.33. The van der Waals surface area contributed by atoms with E-state index >= 15 is 0 Å². The number of aromatic nitrogens is 3. The third-order valence-electron chi connectivity index (χ3n) is 7.15. The molecule has 0 saturated carbocycles. The van der Waals surface area contributed by atoms with Gasteiger partial charge in [0.05, 0.1) is 17.6 Å². The Kier molecular flexibility index (Phi) is 6.29. The zero-order chi connectivity index (χ0) is 23.6. The number of nitrogens with one attached hydrogen (secondary N) is 2. The number of hydrogen-bond donors (Lipinski definition) is 3. The third-order valence-corrected chi connectivity index (χ3v) is 8.02. The van der Waals surface area contributed by atoms with Crippen molar-refractivity contribution in [2.75, 3.05) is 18.8 Å². The van der Waals surface area contributed by atoms with Gasteiger partial charge in [0.15, 0.2) is 5.82 Å². The second-order valence-electron chi connectivity index (χ2n) is 9.48. The molecule has 4 aromatic rings. The summed E-state index contributed by atoms with van der Waals surface area (Å²) in [6.07, 6.45) is 6.42. The van der Waals surface area contributed by atoms with Gasteiger partial charge in [-0.25, -0.2) is 15.0 Å². The van der Waals surface area contributed by atoms with E-state index in [4.69, 9.17) is 15.7 Å². The maximum Gasteiger partial charge on any atom is 0.152 e. The minimum Gasteiger partial charge on any atom is -0.382 e. The summed E-state index contributed by atoms with van der Waals surface area (Å²) in [6, 6.07) is 17.7. The number of aryl methyl sites for hydroxylation is 1. The molecule has 2 aromatic carbocycles. The van der Waals surface area contributed by atoms with E-state index in [-0.39, 0.29) is 0 Å². The second-order valence-corrected chi connectivity index (χ2v) is 10.3. The van der Waals surface area contributed by atoms with Crippen LogP contribution in [0.1, 0.15) is 53.6 Å². The van der Waals surface area contributed by atoms with Crippen LogP contribution in [0, 0.1) is 0 Å². The first-order chi connectivity index (χ1) is 17.2. The van der Waals surface area contributed by atoms with Gasteiger partial charge in [-0.2, -0.15) is 0 Å². The number of anilines is 1. The second kappa shape index (κ2) is 9.85. The zero-order valence-electron chi connectivity index (χ0n) is 19.7. The molecule has 0 spiro atoms. The number of thiazole rings is 1. The summed E-state index contributed by atoms with van der Waals surface area (Å²) in [5.74, 6) is 0.885. The molecule has 3 heterocycles. The van der Waals surface area contributed by atoms with Crippen molar-refractivity contribution < 1.29 is 0 Å². The van der Waals surface area contributed by atoms with E-state index < -0.39 is 0 Å². The van der Waals surface area contributed by atoms with Crippen LogP contribution in [0.4, 0.5) is 5.82 Å². The Morgan fingerprint density at radius 1 is 1.09 bits per heavy atom. The minimum atomic E-state index is 0.413. The van der Waals surface area contributed by atoms with Crippen molar-refractivity contribution >= 4 is 17.2 Å². The number of nitrogens with two attached hydrogens (primary N) is 1. The van der Waals surface area contributed by atoms with Crippen LogP contribution in [0.15, 0.2) is 60.1 Å². The van der Waals surface area contributed by atoms with Gasteiger partial charge in [-0.1, -0.05) is 42.5 Å². The lowest BCUT2D eigenvalue weighted by Gasteiger charge is -2.20. The van der Waals surface area contributed by atoms with Crippen molar-refractivity contribution in [2.24, 2.45) is 0 Å². The van der Waals surface area contributed by atoms with Crippen molar-refractivity contribution in [2.45, 2.75) is 44.2 Å². The largest absolute Gasteiger partial charge is 0.382 e. The summed E-state index contributed by atoms with van der Waals surface area (Å²) < 4.78 is 0. The van der Waals surface area contributed by atoms with Gasteiger partial charge in [0.1, 0.15) is 10.7 Å². The summed E-state index contributed by atoms with van der Waals surface area (Å²) in [5.41, 5.74) is 14.0. The van der Waals surface area contributed by atoms with E-state index in [0.29, 0.717) is 23.5 Å². The van der Waals surface area contributed by atoms with E-state index in [1.807, 2.05) is 0 Å². The fourth-order valence-corrected chi connectivity index (χ4v) is 6.13. The predicted octanol–water partition coefficient (Wildman–Crippen LogP) is 5.09. The average molecular weight is 483 g/mol. The molecule has 6 nitrogen and oxygen atoms in total. The summed E-state index contributed by atoms with van der Waals surface area (Å²) in [7, 11) is 0. The van der Waals surface area contributed by atoms with Crippen LogP contribution in [0.5, 0.6) is 0 Å². The van der Waals surface area contributed by atoms with Crippen molar-refractivity contribution in [1.82, 2.24) is 25.6 Å². The first-order valence-electron chi connectivity index (χ1n) is 12.4. The Balaban J connectivity index is 1.20. The molecular weight excluding hydrogens is 452 g/mol. The van der Waals surface area contributed by atoms with E-state index in [2.05, 4.69) is 69.5 Å². The summed E-state index contributed by atoms with van der Waals surface area (Å²) in [4.78, 5) is 14.3. The van der Waals surface area contributed by atoms with Crippen LogP contribution >= 0.6 is 11.3 Å². The van der Waals surface area contributed by atoms with Gasteiger partial charge < -0.3 is 16.4 Å². The Labute approximate surface area is 210 Å². The van der Waals surface area contributed by atoms with Crippen LogP contribution in [0.2, 0.25) is 0 Å². The molecule has 1 saturated heterocycles. The highest BCUT2D eigenvalue weighted by molar-refractivity contribution is 7.13. The maximum absolute atomic E-state index is 6.24. The lowest BCUT2D eigenvalue weighted by atomic mass is 9.97. The Morgan fingerprint density at radius 3 is 2.94 bits per heavy atom. The lowest BCUT2D eigenvalue weighted by molar-refractivity contribution is 0.456. The molecule has 2 aliphatic rings. The minimum absolute atomic E-state index is 0.413. The maximum atomic E-state index is 6.24. The molecule has 1 unspecified atom stereocenters. The number of nitrogens with zero attached hydrogens (tertiary/aromatic N) is 3. The number of nitrogen functional groups attached to an aromatic ring is 1. The summed E-state index contributed by atoms with van der Waals surface area (Å²) >= 11 is 1.60. The molecule has 178 valence electrons. The van der Waals surface area contributed by atoms with Crippen LogP contribution in [-0.2, 0) is 13.0 Å². The van der Waals surface area contributed by atoms with E-state index in [0.717, 1.165) is 54.4 Å². The topological polar surface area (TPSA) is 88.8 Å². The van der Waals surface area contributed by atoms with E-state index in [1.165, 1.54) is 29.5 Å². The molecule has 1 aliphatic carbocycles. The van der Waals surface area contributed by atoms with Crippen molar-refractivity contribution in [3.63, 3.8) is 0 Å². The van der Waals surface area contributed by atoms with Crippen LogP contribution in [0.25, 0.3) is 22.0 Å². The first-order valence-corrected chi connectivity index (χ1v) is 13.3. The number of fused-ring (bicyclic) bond motifs is 1. The van der Waals surface area contributed by atoms with Gasteiger partial charge in [-0.3, -0.25) is 0 Å². The highest BCUT2D eigenvalue weighted by atomic mass is 32.1. The van der Waals surface area contributed by atoms with Crippen LogP contribution < -0.4 is 16.4 Å². The zero-order valence-corrected chi connectivity index (χ0v) is 20.5. The fraction of sp³-hybridized carbons (Fsp3) is 0.321. The first kappa shape index (κ1) is 22.3. The molecule has 2 atom stereocenters. The van der Waals surface area contributed by atoms with Gasteiger partial charge in [0, 0.05) is 36.0 Å². The molecule has 0 bridgehead atoms. The molecule has 2 aromatic heterocycles. The SMILES string of the molecule is Nc1ncc(-c2cccc(CN[C@H]3CCc4ccccc43)c2)nc1-c1nc(C2CCCNC2)cs1. The van der Waals surface area contributed by atoms with Gasteiger partial charge in [-0.15, -0.1) is 11.3 Å². The fourth-order valence-electron chi connectivity index (χ4n) is 5.23. The van der Waals surface area contributed by atoms with Crippen molar-refractivity contribution in [1.29, 1.82) is 0 Å². The monoisotopic (exact) mass is 482 g/mol. The van der Waals surface area contributed by atoms with Crippen LogP contribution in [0.3, 0.4) is 0 Å². The summed E-state index contributed by atoms with van der Waals surface area (Å²) in [5, 5.41) is 10.2. The molecule has 1 fully saturated rings. The predicted molar refractivity (Wildman–Crippen MR) is 142 cm³/mol. The summed E-state index contributed by atoms with van der Waals surface area (Å²) in [6.45, 7) is 2.89. The average Bonchev–Trinajstić information content (AvgIpc) is 3.56. The number of benzene rings is 2. The molecular formula is C28H30N6S. The number of rotatable bonds is 6. The molecule has 35 heavy (non-hydrogen) atoms. The lowest BCUT2D eigenvalue weighted by Crippen LogP contribution is -2.28. The van der Waals surface area contributed by atoms with E-state index in [1.54, 1.807) is 17.5 Å². The van der Waals surface area contributed by atoms with Gasteiger partial charge in [0.2, 0.25) is 0 Å². The molecule has 7 heteroatoms.